The Balaban J connectivity index is 1.90. The first kappa shape index (κ1) is 13.4. The topological polar surface area (TPSA) is 68.5 Å². The molecule has 19 heavy (non-hydrogen) atoms. The zero-order valence-electron chi connectivity index (χ0n) is 10.3. The fourth-order valence-corrected chi connectivity index (χ4v) is 2.15. The fourth-order valence-electron chi connectivity index (χ4n) is 1.46. The van der Waals surface area contributed by atoms with Crippen molar-refractivity contribution in [3.8, 4) is 10.6 Å². The molecular weight excluding hydrogens is 266 g/mol. The summed E-state index contributed by atoms with van der Waals surface area (Å²) in [5, 5.41) is 4.40. The van der Waals surface area contributed by atoms with E-state index in [0.717, 1.165) is 10.6 Å². The van der Waals surface area contributed by atoms with Gasteiger partial charge in [-0.1, -0.05) is 6.07 Å². The SMILES string of the molecule is CCOC(=O)C(=O)NCc1ccc(-c2cccs2)o1. The Labute approximate surface area is 114 Å². The van der Waals surface area contributed by atoms with Gasteiger partial charge in [0, 0.05) is 0 Å². The van der Waals surface area contributed by atoms with Gasteiger partial charge >= 0.3 is 11.9 Å². The number of ether oxygens (including phenoxy) is 1. The maximum Gasteiger partial charge on any atom is 0.396 e. The van der Waals surface area contributed by atoms with Gasteiger partial charge in [0.25, 0.3) is 0 Å². The number of rotatable bonds is 4. The first-order valence-corrected chi connectivity index (χ1v) is 6.66. The molecule has 0 bridgehead atoms. The summed E-state index contributed by atoms with van der Waals surface area (Å²) in [5.74, 6) is -0.320. The lowest BCUT2D eigenvalue weighted by Crippen LogP contribution is -2.31. The molecule has 2 aromatic heterocycles. The van der Waals surface area contributed by atoms with E-state index in [-0.39, 0.29) is 13.2 Å². The number of furan rings is 1. The zero-order valence-corrected chi connectivity index (χ0v) is 11.2. The molecule has 1 amide bonds. The highest BCUT2D eigenvalue weighted by Gasteiger charge is 2.14. The van der Waals surface area contributed by atoms with Crippen molar-refractivity contribution in [2.24, 2.45) is 0 Å². The first-order chi connectivity index (χ1) is 9.20. The van der Waals surface area contributed by atoms with Crippen LogP contribution >= 0.6 is 11.3 Å². The third-order valence-electron chi connectivity index (χ3n) is 2.31. The monoisotopic (exact) mass is 279 g/mol. The van der Waals surface area contributed by atoms with Crippen molar-refractivity contribution in [3.63, 3.8) is 0 Å². The molecule has 0 aromatic carbocycles. The van der Waals surface area contributed by atoms with Crippen LogP contribution in [0.3, 0.4) is 0 Å². The van der Waals surface area contributed by atoms with E-state index in [0.29, 0.717) is 5.76 Å². The molecule has 6 heteroatoms. The van der Waals surface area contributed by atoms with Gasteiger partial charge in [0.05, 0.1) is 18.0 Å². The van der Waals surface area contributed by atoms with E-state index in [2.05, 4.69) is 10.1 Å². The van der Waals surface area contributed by atoms with E-state index < -0.39 is 11.9 Å². The van der Waals surface area contributed by atoms with Crippen molar-refractivity contribution in [2.75, 3.05) is 6.61 Å². The average molecular weight is 279 g/mol. The Morgan fingerprint density at radius 1 is 1.37 bits per heavy atom. The molecule has 0 radical (unpaired) electrons. The predicted octanol–water partition coefficient (Wildman–Crippen LogP) is 2.19. The van der Waals surface area contributed by atoms with Gasteiger partial charge in [0.15, 0.2) is 0 Å². The van der Waals surface area contributed by atoms with E-state index in [1.807, 2.05) is 23.6 Å². The molecule has 0 fully saturated rings. The molecule has 1 N–H and O–H groups in total. The minimum atomic E-state index is -0.882. The summed E-state index contributed by atoms with van der Waals surface area (Å²) in [6.45, 7) is 1.98. The molecule has 0 aliphatic heterocycles. The minimum Gasteiger partial charge on any atom is -0.459 e. The lowest BCUT2D eigenvalue weighted by Gasteiger charge is -2.02. The molecule has 0 atom stereocenters. The molecule has 2 heterocycles. The molecule has 0 spiro atoms. The minimum absolute atomic E-state index is 0.156. The van der Waals surface area contributed by atoms with Gasteiger partial charge in [-0.15, -0.1) is 11.3 Å². The van der Waals surface area contributed by atoms with Crippen LogP contribution < -0.4 is 5.32 Å². The van der Waals surface area contributed by atoms with E-state index >= 15 is 0 Å². The highest BCUT2D eigenvalue weighted by Crippen LogP contribution is 2.26. The van der Waals surface area contributed by atoms with Crippen molar-refractivity contribution < 1.29 is 18.7 Å². The Kier molecular flexibility index (Phi) is 4.35. The van der Waals surface area contributed by atoms with Crippen LogP contribution in [0.4, 0.5) is 0 Å². The lowest BCUT2D eigenvalue weighted by atomic mass is 10.3. The summed E-state index contributed by atoms with van der Waals surface area (Å²) < 4.78 is 10.1. The second-order valence-corrected chi connectivity index (χ2v) is 4.59. The third-order valence-corrected chi connectivity index (χ3v) is 3.19. The summed E-state index contributed by atoms with van der Waals surface area (Å²) >= 11 is 1.57. The van der Waals surface area contributed by atoms with Gasteiger partial charge < -0.3 is 14.5 Å². The van der Waals surface area contributed by atoms with Gasteiger partial charge in [-0.2, -0.15) is 0 Å². The highest BCUT2D eigenvalue weighted by molar-refractivity contribution is 7.13. The van der Waals surface area contributed by atoms with E-state index in [9.17, 15) is 9.59 Å². The molecule has 100 valence electrons. The van der Waals surface area contributed by atoms with Gasteiger partial charge in [0.2, 0.25) is 0 Å². The molecule has 0 aliphatic rings. The molecule has 0 saturated heterocycles. The zero-order chi connectivity index (χ0) is 13.7. The normalized spacial score (nSPS) is 10.2. The molecule has 2 rings (SSSR count). The number of carbonyl (C=O) groups is 2. The highest BCUT2D eigenvalue weighted by atomic mass is 32.1. The van der Waals surface area contributed by atoms with Crippen LogP contribution in [0.5, 0.6) is 0 Å². The van der Waals surface area contributed by atoms with Crippen LogP contribution in [-0.4, -0.2) is 18.5 Å². The Morgan fingerprint density at radius 2 is 2.21 bits per heavy atom. The van der Waals surface area contributed by atoms with E-state index in [4.69, 9.17) is 4.42 Å². The summed E-state index contributed by atoms with van der Waals surface area (Å²) in [6, 6.07) is 7.48. The summed E-state index contributed by atoms with van der Waals surface area (Å²) in [7, 11) is 0. The van der Waals surface area contributed by atoms with Gasteiger partial charge in [-0.25, -0.2) is 4.79 Å². The lowest BCUT2D eigenvalue weighted by molar-refractivity contribution is -0.154. The maximum absolute atomic E-state index is 11.3. The molecule has 0 aliphatic carbocycles. The average Bonchev–Trinajstić information content (AvgIpc) is 3.06. The number of amides is 1. The van der Waals surface area contributed by atoms with Crippen molar-refractivity contribution in [1.82, 2.24) is 5.32 Å². The number of hydrogen-bond donors (Lipinski definition) is 1. The smallest absolute Gasteiger partial charge is 0.396 e. The summed E-state index contributed by atoms with van der Waals surface area (Å²) in [5.41, 5.74) is 0. The molecule has 0 unspecified atom stereocenters. The number of thiophene rings is 1. The van der Waals surface area contributed by atoms with Gasteiger partial charge in [0.1, 0.15) is 11.5 Å². The van der Waals surface area contributed by atoms with Crippen LogP contribution in [0.25, 0.3) is 10.6 Å². The molecular formula is C13H13NO4S. The van der Waals surface area contributed by atoms with Gasteiger partial charge in [-0.3, -0.25) is 4.79 Å². The largest absolute Gasteiger partial charge is 0.459 e. The van der Waals surface area contributed by atoms with Crippen LogP contribution in [0.15, 0.2) is 34.1 Å². The number of carbonyl (C=O) groups excluding carboxylic acids is 2. The van der Waals surface area contributed by atoms with E-state index in [1.54, 1.807) is 24.3 Å². The second kappa shape index (κ2) is 6.19. The number of esters is 1. The third kappa shape index (κ3) is 3.45. The quantitative estimate of drug-likeness (QED) is 0.688. The first-order valence-electron chi connectivity index (χ1n) is 5.78. The Morgan fingerprint density at radius 3 is 2.89 bits per heavy atom. The van der Waals surface area contributed by atoms with Gasteiger partial charge in [-0.05, 0) is 30.5 Å². The van der Waals surface area contributed by atoms with Crippen molar-refractivity contribution in [1.29, 1.82) is 0 Å². The molecule has 0 saturated carbocycles. The maximum atomic E-state index is 11.3. The van der Waals surface area contributed by atoms with Crippen LogP contribution in [0.2, 0.25) is 0 Å². The number of nitrogens with one attached hydrogen (secondary N) is 1. The predicted molar refractivity (Wildman–Crippen MR) is 70.5 cm³/mol. The molecule has 2 aromatic rings. The van der Waals surface area contributed by atoms with Crippen LogP contribution in [0, 0.1) is 0 Å². The standard InChI is InChI=1S/C13H13NO4S/c1-2-17-13(16)12(15)14-8-9-5-6-10(18-9)11-4-3-7-19-11/h3-7H,2,8H2,1H3,(H,14,15). The molecule has 5 nitrogen and oxygen atoms in total. The van der Waals surface area contributed by atoms with E-state index in [1.165, 1.54) is 0 Å². The van der Waals surface area contributed by atoms with Crippen molar-refractivity contribution in [2.45, 2.75) is 13.5 Å². The Hall–Kier alpha value is -2.08. The summed E-state index contributed by atoms with van der Waals surface area (Å²) in [4.78, 5) is 23.4. The second-order valence-electron chi connectivity index (χ2n) is 3.65. The summed E-state index contributed by atoms with van der Waals surface area (Å²) in [6.07, 6.45) is 0. The fraction of sp³-hybridized carbons (Fsp3) is 0.231. The van der Waals surface area contributed by atoms with Crippen LogP contribution in [-0.2, 0) is 20.9 Å². The van der Waals surface area contributed by atoms with Crippen LogP contribution in [0.1, 0.15) is 12.7 Å². The number of hydrogen-bond acceptors (Lipinski definition) is 5. The van der Waals surface area contributed by atoms with Crippen molar-refractivity contribution in [3.05, 3.63) is 35.4 Å². The van der Waals surface area contributed by atoms with Crippen molar-refractivity contribution >= 4 is 23.2 Å². The Bertz CT molecular complexity index is 559.